The molecule has 0 saturated heterocycles. The Bertz CT molecular complexity index is 295. The molecule has 2 nitrogen and oxygen atoms in total. The highest BCUT2D eigenvalue weighted by molar-refractivity contribution is 9.10. The Balaban J connectivity index is 2.69. The Kier molecular flexibility index (Phi) is 4.28. The maximum Gasteiger partial charge on any atom is 0.144 e. The van der Waals surface area contributed by atoms with Crippen molar-refractivity contribution in [3.8, 4) is 5.75 Å². The van der Waals surface area contributed by atoms with Crippen LogP contribution in [0.25, 0.3) is 0 Å². The van der Waals surface area contributed by atoms with Crippen molar-refractivity contribution in [3.05, 3.63) is 28.2 Å². The number of benzene rings is 1. The highest BCUT2D eigenvalue weighted by Crippen LogP contribution is 2.24. The second kappa shape index (κ2) is 5.26. The third-order valence-corrected chi connectivity index (χ3v) is 2.27. The monoisotopic (exact) mass is 266 g/mol. The molecule has 0 aliphatic rings. The van der Waals surface area contributed by atoms with E-state index in [1.165, 1.54) is 7.11 Å². The van der Waals surface area contributed by atoms with Crippen molar-refractivity contribution >= 4 is 15.9 Å². The first-order valence-corrected chi connectivity index (χ1v) is 4.70. The molecule has 0 aliphatic carbocycles. The highest BCUT2D eigenvalue weighted by atomic mass is 79.9. The molecule has 0 unspecified atom stereocenters. The quantitative estimate of drug-likeness (QED) is 0.617. The van der Waals surface area contributed by atoms with E-state index in [0.29, 0.717) is 6.61 Å². The molecule has 1 aromatic carbocycles. The molecule has 0 saturated carbocycles. The number of methoxy groups -OCH3 is 1. The van der Waals surface area contributed by atoms with Gasteiger partial charge in [0.05, 0.1) is 11.1 Å². The average Bonchev–Trinajstić information content (AvgIpc) is 2.14. The van der Waals surface area contributed by atoms with E-state index in [1.54, 1.807) is 0 Å². The molecule has 0 amide bonds. The van der Waals surface area contributed by atoms with E-state index in [0.717, 1.165) is 12.1 Å². The average molecular weight is 267 g/mol. The molecular formula is C9H9BrF2O2. The molecule has 0 fully saturated rings. The smallest absolute Gasteiger partial charge is 0.144 e. The van der Waals surface area contributed by atoms with E-state index in [-0.39, 0.29) is 16.8 Å². The summed E-state index contributed by atoms with van der Waals surface area (Å²) in [4.78, 5) is 0. The third-order valence-electron chi connectivity index (χ3n) is 1.51. The Hall–Kier alpha value is -0.680. The van der Waals surface area contributed by atoms with E-state index >= 15 is 0 Å². The van der Waals surface area contributed by atoms with Gasteiger partial charge in [0.25, 0.3) is 0 Å². The molecule has 1 rings (SSSR count). The normalized spacial score (nSPS) is 10.3. The van der Waals surface area contributed by atoms with Crippen LogP contribution in [0.4, 0.5) is 8.78 Å². The zero-order chi connectivity index (χ0) is 10.6. The van der Waals surface area contributed by atoms with Gasteiger partial charge in [-0.15, -0.1) is 0 Å². The van der Waals surface area contributed by atoms with Gasteiger partial charge in [-0.05, 0) is 15.9 Å². The summed E-state index contributed by atoms with van der Waals surface area (Å²) in [5.41, 5.74) is 0. The first kappa shape index (κ1) is 11.4. The van der Waals surface area contributed by atoms with Gasteiger partial charge in [-0.25, -0.2) is 8.78 Å². The fourth-order valence-electron chi connectivity index (χ4n) is 0.858. The van der Waals surface area contributed by atoms with E-state index in [4.69, 9.17) is 9.47 Å². The minimum atomic E-state index is -0.683. The topological polar surface area (TPSA) is 18.5 Å². The lowest BCUT2D eigenvalue weighted by atomic mass is 10.3. The van der Waals surface area contributed by atoms with Crippen LogP contribution in [0.3, 0.4) is 0 Å². The maximum atomic E-state index is 13.0. The predicted octanol–water partition coefficient (Wildman–Crippen LogP) is 2.75. The van der Waals surface area contributed by atoms with Crippen LogP contribution >= 0.6 is 15.9 Å². The lowest BCUT2D eigenvalue weighted by Crippen LogP contribution is -2.04. The van der Waals surface area contributed by atoms with Crippen LogP contribution in [0.2, 0.25) is 0 Å². The number of hydrogen-bond donors (Lipinski definition) is 0. The largest absolute Gasteiger partial charge is 0.491 e. The van der Waals surface area contributed by atoms with Crippen molar-refractivity contribution in [1.82, 2.24) is 0 Å². The van der Waals surface area contributed by atoms with Gasteiger partial charge < -0.3 is 9.47 Å². The number of ether oxygens (including phenoxy) is 2. The molecule has 0 atom stereocenters. The van der Waals surface area contributed by atoms with Crippen LogP contribution in [0.15, 0.2) is 16.6 Å². The summed E-state index contributed by atoms with van der Waals surface area (Å²) in [5.74, 6) is -1.21. The molecule has 5 heteroatoms. The molecular weight excluding hydrogens is 258 g/mol. The Labute approximate surface area is 89.0 Å². The van der Waals surface area contributed by atoms with Gasteiger partial charge in [0.2, 0.25) is 0 Å². The van der Waals surface area contributed by atoms with E-state index in [9.17, 15) is 8.78 Å². The third kappa shape index (κ3) is 2.92. The predicted molar refractivity (Wildman–Crippen MR) is 51.4 cm³/mol. The van der Waals surface area contributed by atoms with E-state index in [2.05, 4.69) is 15.9 Å². The van der Waals surface area contributed by atoms with Crippen molar-refractivity contribution in [2.45, 2.75) is 0 Å². The van der Waals surface area contributed by atoms with Crippen LogP contribution in [-0.4, -0.2) is 20.3 Å². The maximum absolute atomic E-state index is 13.0. The Morgan fingerprint density at radius 3 is 2.29 bits per heavy atom. The van der Waals surface area contributed by atoms with Gasteiger partial charge in [-0.1, -0.05) is 0 Å². The summed E-state index contributed by atoms with van der Waals surface area (Å²) in [6, 6.07) is 2.23. The van der Waals surface area contributed by atoms with E-state index in [1.807, 2.05) is 0 Å². The molecule has 0 heterocycles. The molecule has 0 bridgehead atoms. The highest BCUT2D eigenvalue weighted by Gasteiger charge is 2.08. The first-order valence-electron chi connectivity index (χ1n) is 3.91. The molecule has 1 aromatic rings. The Morgan fingerprint density at radius 1 is 1.21 bits per heavy atom. The second-order valence-corrected chi connectivity index (χ2v) is 3.34. The molecule has 0 spiro atoms. The summed E-state index contributed by atoms with van der Waals surface area (Å²) < 4.78 is 35.5. The minimum absolute atomic E-state index is 0.153. The SMILES string of the molecule is COCCOc1cc(F)c(Br)c(F)c1. The van der Waals surface area contributed by atoms with E-state index < -0.39 is 11.6 Å². The van der Waals surface area contributed by atoms with Crippen LogP contribution in [-0.2, 0) is 4.74 Å². The van der Waals surface area contributed by atoms with Crippen LogP contribution in [0.1, 0.15) is 0 Å². The van der Waals surface area contributed by atoms with Crippen LogP contribution < -0.4 is 4.74 Å². The summed E-state index contributed by atoms with van der Waals surface area (Å²) in [5, 5.41) is 0. The summed E-state index contributed by atoms with van der Waals surface area (Å²) in [6.45, 7) is 0.635. The van der Waals surface area contributed by atoms with Crippen molar-refractivity contribution in [2.75, 3.05) is 20.3 Å². The van der Waals surface area contributed by atoms with Gasteiger partial charge in [0.15, 0.2) is 0 Å². The fraction of sp³-hybridized carbons (Fsp3) is 0.333. The van der Waals surface area contributed by atoms with Crippen LogP contribution in [0, 0.1) is 11.6 Å². The minimum Gasteiger partial charge on any atom is -0.491 e. The molecule has 78 valence electrons. The van der Waals surface area contributed by atoms with Gasteiger partial charge >= 0.3 is 0 Å². The molecule has 0 aliphatic heterocycles. The second-order valence-electron chi connectivity index (χ2n) is 2.54. The van der Waals surface area contributed by atoms with Crippen molar-refractivity contribution < 1.29 is 18.3 Å². The molecule has 0 N–H and O–H groups in total. The first-order chi connectivity index (χ1) is 6.65. The van der Waals surface area contributed by atoms with Gasteiger partial charge in [-0.3, -0.25) is 0 Å². The summed E-state index contributed by atoms with van der Waals surface area (Å²) in [7, 11) is 1.52. The molecule has 14 heavy (non-hydrogen) atoms. The van der Waals surface area contributed by atoms with Gasteiger partial charge in [-0.2, -0.15) is 0 Å². The Morgan fingerprint density at radius 2 is 1.79 bits per heavy atom. The summed E-state index contributed by atoms with van der Waals surface area (Å²) >= 11 is 2.76. The summed E-state index contributed by atoms with van der Waals surface area (Å²) in [6.07, 6.45) is 0. The fourth-order valence-corrected chi connectivity index (χ4v) is 1.09. The van der Waals surface area contributed by atoms with Gasteiger partial charge in [0, 0.05) is 19.2 Å². The van der Waals surface area contributed by atoms with Gasteiger partial charge in [0.1, 0.15) is 24.0 Å². The van der Waals surface area contributed by atoms with Crippen LogP contribution in [0.5, 0.6) is 5.75 Å². The molecule has 0 radical (unpaired) electrons. The molecule has 0 aromatic heterocycles. The number of rotatable bonds is 4. The van der Waals surface area contributed by atoms with Crippen molar-refractivity contribution in [1.29, 1.82) is 0 Å². The van der Waals surface area contributed by atoms with Crippen molar-refractivity contribution in [2.24, 2.45) is 0 Å². The zero-order valence-corrected chi connectivity index (χ0v) is 9.11. The van der Waals surface area contributed by atoms with Crippen molar-refractivity contribution in [3.63, 3.8) is 0 Å². The lowest BCUT2D eigenvalue weighted by molar-refractivity contribution is 0.146. The standard InChI is InChI=1S/C9H9BrF2O2/c1-13-2-3-14-6-4-7(11)9(10)8(12)5-6/h4-5H,2-3H2,1H3. The zero-order valence-electron chi connectivity index (χ0n) is 7.52. The number of hydrogen-bond acceptors (Lipinski definition) is 2. The lowest BCUT2D eigenvalue weighted by Gasteiger charge is -2.06. The number of halogens is 3.